The first-order valence-electron chi connectivity index (χ1n) is 5.76. The fraction of sp³-hybridized carbons (Fsp3) is 0.0714. The van der Waals surface area contributed by atoms with E-state index < -0.39 is 17.9 Å². The number of aromatic nitrogens is 1. The highest BCUT2D eigenvalue weighted by Crippen LogP contribution is 2.18. The van der Waals surface area contributed by atoms with Gasteiger partial charge >= 0.3 is 6.16 Å². The Labute approximate surface area is 115 Å². The average molecular weight is 275 g/mol. The maximum atomic E-state index is 11.4. The predicted molar refractivity (Wildman–Crippen MR) is 71.1 cm³/mol. The molecule has 1 aromatic carbocycles. The van der Waals surface area contributed by atoms with Crippen molar-refractivity contribution in [1.82, 2.24) is 4.73 Å². The summed E-state index contributed by atoms with van der Waals surface area (Å²) in [7, 11) is 0. The maximum absolute atomic E-state index is 11.4. The molecule has 0 amide bonds. The van der Waals surface area contributed by atoms with Crippen molar-refractivity contribution in [3.8, 4) is 11.8 Å². The molecule has 1 aromatic heterocycles. The number of nitrogens with zero attached hydrogens (tertiary/aromatic N) is 1. The van der Waals surface area contributed by atoms with Crippen molar-refractivity contribution < 1.29 is 24.6 Å². The molecule has 0 saturated heterocycles. The second-order valence-corrected chi connectivity index (χ2v) is 3.92. The van der Waals surface area contributed by atoms with Crippen molar-refractivity contribution in [3.05, 3.63) is 54.1 Å². The number of hydrogen-bond donors (Lipinski definition) is 2. The van der Waals surface area contributed by atoms with Gasteiger partial charge in [0.25, 0.3) is 0 Å². The zero-order chi connectivity index (χ0) is 14.5. The minimum absolute atomic E-state index is 0.0129. The van der Waals surface area contributed by atoms with E-state index >= 15 is 0 Å². The third-order valence-electron chi connectivity index (χ3n) is 2.54. The minimum Gasteiger partial charge on any atom is -0.492 e. The lowest BCUT2D eigenvalue weighted by Crippen LogP contribution is -2.20. The molecular weight excluding hydrogens is 262 g/mol. The molecule has 0 aliphatic heterocycles. The lowest BCUT2D eigenvalue weighted by molar-refractivity contribution is 0.0310. The molecule has 0 spiro atoms. The van der Waals surface area contributed by atoms with Gasteiger partial charge in [-0.3, -0.25) is 4.84 Å². The van der Waals surface area contributed by atoms with Gasteiger partial charge in [-0.1, -0.05) is 36.9 Å². The summed E-state index contributed by atoms with van der Waals surface area (Å²) in [4.78, 5) is 16.0. The third-order valence-corrected chi connectivity index (χ3v) is 2.54. The van der Waals surface area contributed by atoms with Gasteiger partial charge in [0.1, 0.15) is 6.61 Å². The summed E-state index contributed by atoms with van der Waals surface area (Å²) >= 11 is 0. The molecule has 0 bridgehead atoms. The number of carbonyl (C=O) groups excluding carboxylic acids is 1. The minimum atomic E-state index is -1.04. The van der Waals surface area contributed by atoms with Crippen LogP contribution in [0.15, 0.2) is 43.0 Å². The van der Waals surface area contributed by atoms with Crippen molar-refractivity contribution in [2.24, 2.45) is 0 Å². The van der Waals surface area contributed by atoms with E-state index in [4.69, 9.17) is 4.74 Å². The Morgan fingerprint density at radius 2 is 1.75 bits per heavy atom. The van der Waals surface area contributed by atoms with Gasteiger partial charge in [-0.15, -0.1) is 4.73 Å². The number of ether oxygens (including phenoxy) is 1. The Kier molecular flexibility index (Phi) is 3.95. The molecule has 6 heteroatoms. The summed E-state index contributed by atoms with van der Waals surface area (Å²) in [6.45, 7) is 3.65. The number of hydrogen-bond acceptors (Lipinski definition) is 5. The molecule has 0 unspecified atom stereocenters. The second kappa shape index (κ2) is 5.83. The molecule has 0 aliphatic rings. The van der Waals surface area contributed by atoms with E-state index in [2.05, 4.69) is 11.4 Å². The van der Waals surface area contributed by atoms with Gasteiger partial charge in [-0.05, 0) is 11.1 Å². The Hall–Kier alpha value is -2.89. The van der Waals surface area contributed by atoms with Gasteiger partial charge in [0, 0.05) is 12.1 Å². The molecule has 2 rings (SSSR count). The highest BCUT2D eigenvalue weighted by atomic mass is 16.8. The second-order valence-electron chi connectivity index (χ2n) is 3.92. The fourth-order valence-corrected chi connectivity index (χ4v) is 1.49. The Bertz CT molecular complexity index is 595. The van der Waals surface area contributed by atoms with Crippen LogP contribution < -0.4 is 4.84 Å². The van der Waals surface area contributed by atoms with Gasteiger partial charge in [0.15, 0.2) is 0 Å². The molecular formula is C14H13NO5. The summed E-state index contributed by atoms with van der Waals surface area (Å²) in [6, 6.07) is 9.60. The van der Waals surface area contributed by atoms with Crippen molar-refractivity contribution in [2.75, 3.05) is 0 Å². The Balaban J connectivity index is 1.90. The zero-order valence-electron chi connectivity index (χ0n) is 10.5. The van der Waals surface area contributed by atoms with Crippen LogP contribution in [-0.2, 0) is 11.3 Å². The molecule has 0 atom stereocenters. The molecule has 0 fully saturated rings. The van der Waals surface area contributed by atoms with Crippen LogP contribution in [-0.4, -0.2) is 21.1 Å². The van der Waals surface area contributed by atoms with Crippen LogP contribution in [0.1, 0.15) is 11.1 Å². The lowest BCUT2D eigenvalue weighted by Gasteiger charge is -2.07. The van der Waals surface area contributed by atoms with E-state index in [1.54, 1.807) is 18.2 Å². The van der Waals surface area contributed by atoms with Crippen molar-refractivity contribution >= 4 is 12.2 Å². The van der Waals surface area contributed by atoms with Crippen LogP contribution in [0.5, 0.6) is 11.8 Å². The normalized spacial score (nSPS) is 10.0. The van der Waals surface area contributed by atoms with Gasteiger partial charge in [0.2, 0.25) is 11.8 Å². The average Bonchev–Trinajstić information content (AvgIpc) is 2.77. The number of carbonyl (C=O) groups is 1. The van der Waals surface area contributed by atoms with Gasteiger partial charge in [0.05, 0.1) is 0 Å². The summed E-state index contributed by atoms with van der Waals surface area (Å²) in [6.07, 6.45) is 0.663. The van der Waals surface area contributed by atoms with E-state index in [-0.39, 0.29) is 6.61 Å². The molecule has 0 aliphatic carbocycles. The lowest BCUT2D eigenvalue weighted by atomic mass is 10.1. The smallest absolute Gasteiger partial charge is 0.492 e. The maximum Gasteiger partial charge on any atom is 0.534 e. The number of benzene rings is 1. The fourth-order valence-electron chi connectivity index (χ4n) is 1.49. The first-order chi connectivity index (χ1) is 9.60. The molecule has 104 valence electrons. The van der Waals surface area contributed by atoms with Gasteiger partial charge in [-0.25, -0.2) is 4.79 Å². The topological polar surface area (TPSA) is 80.9 Å². The Morgan fingerprint density at radius 3 is 2.30 bits per heavy atom. The van der Waals surface area contributed by atoms with Crippen LogP contribution in [0, 0.1) is 0 Å². The van der Waals surface area contributed by atoms with Crippen LogP contribution in [0.2, 0.25) is 0 Å². The molecule has 1 heterocycles. The SMILES string of the molecule is C=Cc1ccc(COC(=O)On2c(O)ccc2O)cc1. The molecule has 0 saturated carbocycles. The molecule has 2 aromatic rings. The molecule has 0 radical (unpaired) electrons. The van der Waals surface area contributed by atoms with Crippen molar-refractivity contribution in [3.63, 3.8) is 0 Å². The predicted octanol–water partition coefficient (Wildman–Crippen LogP) is 2.31. The van der Waals surface area contributed by atoms with Crippen LogP contribution in [0.4, 0.5) is 4.79 Å². The number of aromatic hydroxyl groups is 2. The van der Waals surface area contributed by atoms with Crippen LogP contribution in [0.25, 0.3) is 6.08 Å². The zero-order valence-corrected chi connectivity index (χ0v) is 10.5. The van der Waals surface area contributed by atoms with Crippen LogP contribution in [0.3, 0.4) is 0 Å². The molecule has 2 N–H and O–H groups in total. The summed E-state index contributed by atoms with van der Waals surface area (Å²) in [5.74, 6) is -0.815. The van der Waals surface area contributed by atoms with E-state index in [1.165, 1.54) is 12.1 Å². The first kappa shape index (κ1) is 13.5. The largest absolute Gasteiger partial charge is 0.534 e. The van der Waals surface area contributed by atoms with E-state index in [1.807, 2.05) is 12.1 Å². The molecule has 20 heavy (non-hydrogen) atoms. The first-order valence-corrected chi connectivity index (χ1v) is 5.76. The third kappa shape index (κ3) is 3.11. The van der Waals surface area contributed by atoms with E-state index in [0.717, 1.165) is 11.1 Å². The Morgan fingerprint density at radius 1 is 1.15 bits per heavy atom. The van der Waals surface area contributed by atoms with E-state index in [9.17, 15) is 15.0 Å². The van der Waals surface area contributed by atoms with Crippen molar-refractivity contribution in [2.45, 2.75) is 6.61 Å². The van der Waals surface area contributed by atoms with Crippen LogP contribution >= 0.6 is 0 Å². The standard InChI is InChI=1S/C14H13NO5/c1-2-10-3-5-11(6-4-10)9-19-14(18)20-15-12(16)7-8-13(15)17/h2-8,16-17H,1,9H2. The summed E-state index contributed by atoms with van der Waals surface area (Å²) in [5, 5.41) is 18.6. The van der Waals surface area contributed by atoms with Crippen molar-refractivity contribution in [1.29, 1.82) is 0 Å². The van der Waals surface area contributed by atoms with E-state index in [0.29, 0.717) is 4.73 Å². The van der Waals surface area contributed by atoms with Gasteiger partial charge in [-0.2, -0.15) is 0 Å². The molecule has 6 nitrogen and oxygen atoms in total. The highest BCUT2D eigenvalue weighted by molar-refractivity contribution is 5.60. The monoisotopic (exact) mass is 275 g/mol. The number of rotatable bonds is 4. The van der Waals surface area contributed by atoms with Gasteiger partial charge < -0.3 is 14.9 Å². The summed E-state index contributed by atoms with van der Waals surface area (Å²) in [5.41, 5.74) is 1.73. The quantitative estimate of drug-likeness (QED) is 0.837. The summed E-state index contributed by atoms with van der Waals surface area (Å²) < 4.78 is 5.41. The highest BCUT2D eigenvalue weighted by Gasteiger charge is 2.13.